The standard InChI is InChI=1S/C52H46N4Si/c1-33-7-15-37(16-8-33)49-41-23-25-43(53-41)50(38-17-9-34(2)10-18-38)45-27-29-47(55-45)52(40-21-13-36(14-22-40)31-32-57(4,5)6)48-30-28-46(56-48)51(44-26-24-42(49)54-44)39-19-11-35(3)12-20-39/h7-30,53-56H,1-6H3. The number of H-pyrrole nitrogens is 4. The van der Waals surface area contributed by atoms with Gasteiger partial charge in [-0.15, -0.1) is 5.54 Å². The molecule has 0 fully saturated rings. The lowest BCUT2D eigenvalue weighted by Crippen LogP contribution is -2.19. The minimum Gasteiger partial charge on any atom is -0.354 e. The second kappa shape index (κ2) is 14.4. The molecule has 4 N–H and O–H groups in total. The molecule has 278 valence electrons. The van der Waals surface area contributed by atoms with Crippen LogP contribution in [0.1, 0.15) is 67.3 Å². The fraction of sp³-hybridized carbons (Fsp3) is 0.115. The van der Waals surface area contributed by atoms with E-state index in [1.807, 2.05) is 0 Å². The summed E-state index contributed by atoms with van der Waals surface area (Å²) in [4.78, 5) is 15.6. The van der Waals surface area contributed by atoms with E-state index >= 15 is 0 Å². The summed E-state index contributed by atoms with van der Waals surface area (Å²) in [5.41, 5.74) is 21.3. The highest BCUT2D eigenvalue weighted by molar-refractivity contribution is 6.83. The van der Waals surface area contributed by atoms with E-state index in [9.17, 15) is 0 Å². The number of aromatic amines is 4. The van der Waals surface area contributed by atoms with Crippen LogP contribution in [0.15, 0.2) is 146 Å². The molecular formula is C52H46N4Si. The average Bonchev–Trinajstić information content (AvgIpc) is 4.04. The minimum absolute atomic E-state index is 1.02. The van der Waals surface area contributed by atoms with Gasteiger partial charge in [-0.2, -0.15) is 0 Å². The molecule has 0 spiro atoms. The van der Waals surface area contributed by atoms with E-state index < -0.39 is 8.07 Å². The monoisotopic (exact) mass is 754 g/mol. The summed E-state index contributed by atoms with van der Waals surface area (Å²) < 4.78 is 0. The van der Waals surface area contributed by atoms with Crippen LogP contribution >= 0.6 is 0 Å². The van der Waals surface area contributed by atoms with E-state index in [0.717, 1.165) is 94.3 Å². The summed E-state index contributed by atoms with van der Waals surface area (Å²) in [7, 11) is -1.52. The molecular weight excluding hydrogens is 709 g/mol. The van der Waals surface area contributed by atoms with Gasteiger partial charge in [0.25, 0.3) is 0 Å². The highest BCUT2D eigenvalue weighted by Gasteiger charge is 2.18. The van der Waals surface area contributed by atoms with Crippen molar-refractivity contribution in [3.05, 3.63) is 234 Å². The lowest BCUT2D eigenvalue weighted by atomic mass is 10.0. The fourth-order valence-corrected chi connectivity index (χ4v) is 8.23. The number of nitrogens with one attached hydrogen (secondary N) is 4. The lowest BCUT2D eigenvalue weighted by molar-refractivity contribution is 1.19. The highest BCUT2D eigenvalue weighted by Crippen LogP contribution is 2.28. The molecule has 5 heterocycles. The van der Waals surface area contributed by atoms with E-state index in [1.165, 1.54) is 16.7 Å². The fourth-order valence-electron chi connectivity index (χ4n) is 7.71. The zero-order valence-electron chi connectivity index (χ0n) is 33.4. The van der Waals surface area contributed by atoms with Crippen molar-refractivity contribution in [3.63, 3.8) is 0 Å². The third kappa shape index (κ3) is 7.24. The third-order valence-corrected chi connectivity index (χ3v) is 11.5. The molecule has 0 saturated heterocycles. The van der Waals surface area contributed by atoms with E-state index in [-0.39, 0.29) is 0 Å². The molecule has 4 nitrogen and oxygen atoms in total. The van der Waals surface area contributed by atoms with E-state index in [1.54, 1.807) is 0 Å². The number of aromatic nitrogens is 4. The van der Waals surface area contributed by atoms with Gasteiger partial charge in [-0.1, -0.05) is 127 Å². The van der Waals surface area contributed by atoms with Crippen LogP contribution in [-0.4, -0.2) is 28.0 Å². The number of hydrogen-bond acceptors (Lipinski definition) is 0. The molecule has 0 unspecified atom stereocenters. The van der Waals surface area contributed by atoms with Crippen molar-refractivity contribution in [2.45, 2.75) is 40.4 Å². The number of rotatable bonds is 4. The molecule has 0 atom stereocenters. The Hall–Kier alpha value is -6.74. The van der Waals surface area contributed by atoms with Crippen molar-refractivity contribution in [1.29, 1.82) is 0 Å². The van der Waals surface area contributed by atoms with Gasteiger partial charge in [-0.3, -0.25) is 0 Å². The molecule has 8 bridgehead atoms. The van der Waals surface area contributed by atoms with Gasteiger partial charge in [-0.25, -0.2) is 0 Å². The van der Waals surface area contributed by atoms with Gasteiger partial charge in [0.2, 0.25) is 0 Å². The Morgan fingerprint density at radius 3 is 0.895 bits per heavy atom. The first-order valence-corrected chi connectivity index (χ1v) is 23.2. The molecule has 0 amide bonds. The Kier molecular flexibility index (Phi) is 9.08. The molecule has 9 rings (SSSR count). The summed E-state index contributed by atoms with van der Waals surface area (Å²) >= 11 is 0. The van der Waals surface area contributed by atoms with Gasteiger partial charge in [0, 0.05) is 72.0 Å². The van der Waals surface area contributed by atoms with Crippen molar-refractivity contribution in [3.8, 4) is 11.5 Å². The number of hydrogen-bond donors (Lipinski definition) is 4. The van der Waals surface area contributed by atoms with Crippen LogP contribution in [-0.2, 0) is 0 Å². The predicted molar refractivity (Wildman–Crippen MR) is 238 cm³/mol. The van der Waals surface area contributed by atoms with Crippen LogP contribution in [0.2, 0.25) is 19.6 Å². The van der Waals surface area contributed by atoms with Crippen molar-refractivity contribution < 1.29 is 0 Å². The molecule has 4 aromatic heterocycles. The summed E-state index contributed by atoms with van der Waals surface area (Å²) in [6, 6.07) is 52.9. The van der Waals surface area contributed by atoms with Gasteiger partial charge in [0.15, 0.2) is 0 Å². The van der Waals surface area contributed by atoms with Gasteiger partial charge in [0.1, 0.15) is 8.07 Å². The van der Waals surface area contributed by atoms with Gasteiger partial charge in [-0.05, 0) is 104 Å². The van der Waals surface area contributed by atoms with Crippen molar-refractivity contribution >= 4 is 30.4 Å². The van der Waals surface area contributed by atoms with Gasteiger partial charge >= 0.3 is 0 Å². The predicted octanol–water partition coefficient (Wildman–Crippen LogP) is 8.46. The van der Waals surface area contributed by atoms with Crippen molar-refractivity contribution in [2.75, 3.05) is 0 Å². The Bertz CT molecular complexity index is 3090. The largest absolute Gasteiger partial charge is 0.354 e. The number of fused-ring (bicyclic) bond motifs is 8. The first-order chi connectivity index (χ1) is 27.6. The molecule has 1 aliphatic rings. The zero-order valence-corrected chi connectivity index (χ0v) is 34.4. The number of aryl methyl sites for hydroxylation is 3. The van der Waals surface area contributed by atoms with Gasteiger partial charge in [0.05, 0.1) is 0 Å². The summed E-state index contributed by atoms with van der Waals surface area (Å²) in [5.74, 6) is 3.44. The van der Waals surface area contributed by atoms with Crippen LogP contribution in [0.3, 0.4) is 0 Å². The Labute approximate surface area is 335 Å². The van der Waals surface area contributed by atoms with E-state index in [2.05, 4.69) is 217 Å². The van der Waals surface area contributed by atoms with Crippen molar-refractivity contribution in [1.82, 2.24) is 19.9 Å². The second-order valence-electron chi connectivity index (χ2n) is 16.3. The highest BCUT2D eigenvalue weighted by atomic mass is 28.3. The zero-order chi connectivity index (χ0) is 39.3. The molecule has 57 heavy (non-hydrogen) atoms. The van der Waals surface area contributed by atoms with E-state index in [0.29, 0.717) is 0 Å². The molecule has 0 aliphatic carbocycles. The minimum atomic E-state index is -1.52. The maximum Gasteiger partial charge on any atom is 0.129 e. The lowest BCUT2D eigenvalue weighted by Gasteiger charge is -2.10. The summed E-state index contributed by atoms with van der Waals surface area (Å²) in [6.07, 6.45) is 0. The topological polar surface area (TPSA) is 63.2 Å². The molecule has 4 aromatic carbocycles. The molecule has 0 saturated carbocycles. The molecule has 8 aromatic rings. The van der Waals surface area contributed by atoms with Crippen molar-refractivity contribution in [2.24, 2.45) is 0 Å². The SMILES string of the molecule is Cc1ccc(C2=c3ccc([nH]3)=C(c3ccc(C)cc3)c3ccc([nH]3)C(c3ccc(C#C[Si](C)(C)C)cc3)=c3ccc([nH]3)=C(c3ccc(C)cc3)c3ccc2[nH]3)cc1. The normalized spacial score (nSPS) is 12.8. The second-order valence-corrected chi connectivity index (χ2v) is 21.1. The average molecular weight is 755 g/mol. The van der Waals surface area contributed by atoms with Crippen LogP contribution in [0.4, 0.5) is 0 Å². The van der Waals surface area contributed by atoms with E-state index in [4.69, 9.17) is 0 Å². The molecule has 5 heteroatoms. The van der Waals surface area contributed by atoms with Crippen LogP contribution in [0.5, 0.6) is 0 Å². The number of benzene rings is 4. The Balaban J connectivity index is 1.38. The van der Waals surface area contributed by atoms with Crippen LogP contribution in [0, 0.1) is 32.2 Å². The maximum atomic E-state index is 3.91. The molecule has 1 aliphatic heterocycles. The smallest absolute Gasteiger partial charge is 0.129 e. The van der Waals surface area contributed by atoms with Crippen LogP contribution in [0.25, 0.3) is 22.3 Å². The first kappa shape index (κ1) is 35.9. The van der Waals surface area contributed by atoms with Gasteiger partial charge < -0.3 is 19.9 Å². The summed E-state index contributed by atoms with van der Waals surface area (Å²) in [5, 5.41) is 4.12. The Morgan fingerprint density at radius 1 is 0.333 bits per heavy atom. The third-order valence-electron chi connectivity index (χ3n) is 10.7. The summed E-state index contributed by atoms with van der Waals surface area (Å²) in [6.45, 7) is 13.2. The molecule has 0 radical (unpaired) electrons. The quantitative estimate of drug-likeness (QED) is 0.103. The van der Waals surface area contributed by atoms with Crippen LogP contribution < -0.4 is 21.4 Å². The maximum absolute atomic E-state index is 3.91. The first-order valence-electron chi connectivity index (χ1n) is 19.7. The Morgan fingerprint density at radius 2 is 0.614 bits per heavy atom.